The smallest absolute Gasteiger partial charge is 0.138 e. The first-order valence-electron chi connectivity index (χ1n) is 7.62. The fourth-order valence-corrected chi connectivity index (χ4v) is 3.49. The molecule has 2 rings (SSSR count). The van der Waals surface area contributed by atoms with E-state index in [1.54, 1.807) is 0 Å². The van der Waals surface area contributed by atoms with E-state index in [0.717, 1.165) is 48.3 Å². The van der Waals surface area contributed by atoms with Crippen LogP contribution in [0.4, 0.5) is 0 Å². The topological polar surface area (TPSA) is 46.9 Å². The van der Waals surface area contributed by atoms with E-state index in [1.165, 1.54) is 6.42 Å². The van der Waals surface area contributed by atoms with E-state index in [2.05, 4.69) is 40.2 Å². The highest BCUT2D eigenvalue weighted by Gasteiger charge is 2.19. The van der Waals surface area contributed by atoms with Crippen LogP contribution in [-0.4, -0.2) is 28.7 Å². The summed E-state index contributed by atoms with van der Waals surface area (Å²) < 4.78 is 2.98. The van der Waals surface area contributed by atoms with Gasteiger partial charge < -0.3 is 5.32 Å². The molecule has 1 N–H and O–H groups in total. The molecule has 0 aliphatic carbocycles. The van der Waals surface area contributed by atoms with Crippen LogP contribution in [0.5, 0.6) is 0 Å². The van der Waals surface area contributed by atoms with E-state index in [0.29, 0.717) is 24.5 Å². The van der Waals surface area contributed by atoms with Gasteiger partial charge in [0.1, 0.15) is 5.78 Å². The molecule has 1 aromatic rings. The summed E-state index contributed by atoms with van der Waals surface area (Å²) in [6.07, 6.45) is 4.31. The van der Waals surface area contributed by atoms with Crippen LogP contribution in [0.1, 0.15) is 44.5 Å². The van der Waals surface area contributed by atoms with E-state index in [9.17, 15) is 4.79 Å². The van der Waals surface area contributed by atoms with Crippen LogP contribution < -0.4 is 5.32 Å². The molecular weight excluding hydrogens is 318 g/mol. The average Bonchev–Trinajstić information content (AvgIpc) is 3.06. The Hall–Kier alpha value is -0.680. The minimum Gasteiger partial charge on any atom is -0.316 e. The summed E-state index contributed by atoms with van der Waals surface area (Å²) >= 11 is 3.60. The fourth-order valence-electron chi connectivity index (χ4n) is 2.79. The van der Waals surface area contributed by atoms with Crippen molar-refractivity contribution < 1.29 is 4.79 Å². The summed E-state index contributed by atoms with van der Waals surface area (Å²) in [4.78, 5) is 12.2. The predicted octanol–water partition coefficient (Wildman–Crippen LogP) is 2.73. The molecule has 0 aromatic carbocycles. The molecule has 0 amide bonds. The van der Waals surface area contributed by atoms with Gasteiger partial charge >= 0.3 is 0 Å². The van der Waals surface area contributed by atoms with Crippen LogP contribution in [0.2, 0.25) is 0 Å². The van der Waals surface area contributed by atoms with E-state index >= 15 is 0 Å². The number of hydrogen-bond donors (Lipinski definition) is 1. The molecule has 1 aliphatic rings. The summed E-state index contributed by atoms with van der Waals surface area (Å²) in [5, 5.41) is 7.90. The van der Waals surface area contributed by atoms with Crippen molar-refractivity contribution in [1.82, 2.24) is 15.1 Å². The molecule has 1 fully saturated rings. The maximum absolute atomic E-state index is 12.2. The molecule has 1 aromatic heterocycles. The summed E-state index contributed by atoms with van der Waals surface area (Å²) in [6, 6.07) is 0. The molecule has 5 heteroatoms. The minimum atomic E-state index is 0.329. The highest BCUT2D eigenvalue weighted by molar-refractivity contribution is 9.10. The Morgan fingerprint density at radius 3 is 2.90 bits per heavy atom. The number of halogens is 1. The standard InChI is InChI=1S/C15H24BrN3O/c1-3-13-15(16)14(19(4-2)18-13)9-12(20)6-5-11-7-8-17-10-11/h11,17H,3-10H2,1-2H3. The lowest BCUT2D eigenvalue weighted by Gasteiger charge is -2.08. The molecule has 112 valence electrons. The summed E-state index contributed by atoms with van der Waals surface area (Å²) in [6.45, 7) is 7.15. The summed E-state index contributed by atoms with van der Waals surface area (Å²) in [5.41, 5.74) is 2.09. The Kier molecular flexibility index (Phi) is 5.78. The van der Waals surface area contributed by atoms with E-state index in [1.807, 2.05) is 4.68 Å². The van der Waals surface area contributed by atoms with Gasteiger partial charge in [0.05, 0.1) is 15.9 Å². The number of hydrogen-bond acceptors (Lipinski definition) is 3. The van der Waals surface area contributed by atoms with Gasteiger partial charge in [-0.2, -0.15) is 5.10 Å². The zero-order valence-electron chi connectivity index (χ0n) is 12.4. The normalized spacial score (nSPS) is 18.6. The molecule has 1 unspecified atom stereocenters. The van der Waals surface area contributed by atoms with Crippen LogP contribution >= 0.6 is 15.9 Å². The number of rotatable bonds is 7. The van der Waals surface area contributed by atoms with Crippen LogP contribution in [0.25, 0.3) is 0 Å². The molecule has 0 spiro atoms. The average molecular weight is 342 g/mol. The van der Waals surface area contributed by atoms with Gasteiger partial charge in [0.2, 0.25) is 0 Å². The third kappa shape index (κ3) is 3.70. The summed E-state index contributed by atoms with van der Waals surface area (Å²) in [7, 11) is 0. The Morgan fingerprint density at radius 1 is 1.50 bits per heavy atom. The molecule has 1 atom stereocenters. The van der Waals surface area contributed by atoms with Gasteiger partial charge in [-0.1, -0.05) is 6.92 Å². The number of nitrogens with zero attached hydrogens (tertiary/aromatic N) is 2. The number of ketones is 1. The fraction of sp³-hybridized carbons (Fsp3) is 0.733. The summed E-state index contributed by atoms with van der Waals surface area (Å²) in [5.74, 6) is 1.01. The predicted molar refractivity (Wildman–Crippen MR) is 83.9 cm³/mol. The molecule has 1 saturated heterocycles. The molecular formula is C15H24BrN3O. The van der Waals surface area contributed by atoms with Gasteiger partial charge in [-0.3, -0.25) is 9.48 Å². The van der Waals surface area contributed by atoms with E-state index in [4.69, 9.17) is 0 Å². The Balaban J connectivity index is 1.94. The van der Waals surface area contributed by atoms with Crippen LogP contribution in [0.3, 0.4) is 0 Å². The number of carbonyl (C=O) groups excluding carboxylic acids is 1. The van der Waals surface area contributed by atoms with Gasteiger partial charge in [0.15, 0.2) is 0 Å². The highest BCUT2D eigenvalue weighted by Crippen LogP contribution is 2.24. The van der Waals surface area contributed by atoms with Gasteiger partial charge in [0.25, 0.3) is 0 Å². The maximum atomic E-state index is 12.2. The number of nitrogens with one attached hydrogen (secondary N) is 1. The second-order valence-corrected chi connectivity index (χ2v) is 6.28. The first-order chi connectivity index (χ1) is 9.65. The Morgan fingerprint density at radius 2 is 2.30 bits per heavy atom. The molecule has 20 heavy (non-hydrogen) atoms. The van der Waals surface area contributed by atoms with Crippen molar-refractivity contribution >= 4 is 21.7 Å². The van der Waals surface area contributed by atoms with Crippen LogP contribution in [0, 0.1) is 5.92 Å². The molecule has 4 nitrogen and oxygen atoms in total. The van der Waals surface area contributed by atoms with Crippen molar-refractivity contribution in [2.24, 2.45) is 5.92 Å². The van der Waals surface area contributed by atoms with Crippen molar-refractivity contribution in [1.29, 1.82) is 0 Å². The number of aromatic nitrogens is 2. The van der Waals surface area contributed by atoms with E-state index < -0.39 is 0 Å². The second-order valence-electron chi connectivity index (χ2n) is 5.49. The lowest BCUT2D eigenvalue weighted by Crippen LogP contribution is -2.13. The molecule has 1 aliphatic heterocycles. The molecule has 0 bridgehead atoms. The SMILES string of the molecule is CCc1nn(CC)c(CC(=O)CCC2CCNC2)c1Br. The van der Waals surface area contributed by atoms with Crippen molar-refractivity contribution in [3.8, 4) is 0 Å². The Labute approximate surface area is 129 Å². The Bertz CT molecular complexity index is 464. The number of carbonyl (C=O) groups is 1. The van der Waals surface area contributed by atoms with Gasteiger partial charge in [0, 0.05) is 19.4 Å². The third-order valence-corrected chi connectivity index (χ3v) is 4.97. The number of aryl methyl sites for hydroxylation is 2. The lowest BCUT2D eigenvalue weighted by atomic mass is 9.99. The molecule has 0 radical (unpaired) electrons. The van der Waals surface area contributed by atoms with Gasteiger partial charge in [-0.15, -0.1) is 0 Å². The maximum Gasteiger partial charge on any atom is 0.138 e. The van der Waals surface area contributed by atoms with Crippen molar-refractivity contribution in [2.75, 3.05) is 13.1 Å². The number of Topliss-reactive ketones (excluding diaryl/α,β-unsaturated/α-hetero) is 1. The molecule has 2 heterocycles. The third-order valence-electron chi connectivity index (χ3n) is 4.05. The largest absolute Gasteiger partial charge is 0.316 e. The van der Waals surface area contributed by atoms with E-state index in [-0.39, 0.29) is 0 Å². The highest BCUT2D eigenvalue weighted by atomic mass is 79.9. The van der Waals surface area contributed by atoms with Crippen molar-refractivity contribution in [3.63, 3.8) is 0 Å². The molecule has 0 saturated carbocycles. The zero-order chi connectivity index (χ0) is 14.5. The first kappa shape index (κ1) is 15.7. The van der Waals surface area contributed by atoms with Gasteiger partial charge in [-0.05, 0) is 61.1 Å². The monoisotopic (exact) mass is 341 g/mol. The zero-order valence-corrected chi connectivity index (χ0v) is 14.0. The second kappa shape index (κ2) is 7.36. The van der Waals surface area contributed by atoms with Crippen molar-refractivity contribution in [3.05, 3.63) is 15.9 Å². The van der Waals surface area contributed by atoms with Gasteiger partial charge in [-0.25, -0.2) is 0 Å². The van der Waals surface area contributed by atoms with Crippen LogP contribution in [0.15, 0.2) is 4.47 Å². The first-order valence-corrected chi connectivity index (χ1v) is 8.41. The lowest BCUT2D eigenvalue weighted by molar-refractivity contribution is -0.118. The van der Waals surface area contributed by atoms with Crippen LogP contribution in [-0.2, 0) is 24.2 Å². The minimum absolute atomic E-state index is 0.329. The quantitative estimate of drug-likeness (QED) is 0.829. The van der Waals surface area contributed by atoms with Crippen molar-refractivity contribution in [2.45, 2.75) is 52.5 Å².